The molecule has 0 fully saturated rings. The summed E-state index contributed by atoms with van der Waals surface area (Å²) in [6.45, 7) is 0.581. The van der Waals surface area contributed by atoms with Gasteiger partial charge >= 0.3 is 12.4 Å². The lowest BCUT2D eigenvalue weighted by atomic mass is 10.1. The summed E-state index contributed by atoms with van der Waals surface area (Å²) in [5.74, 6) is 4.75. The predicted molar refractivity (Wildman–Crippen MR) is 95.2 cm³/mol. The van der Waals surface area contributed by atoms with E-state index in [-0.39, 0.29) is 12.7 Å². The van der Waals surface area contributed by atoms with Crippen molar-refractivity contribution in [1.29, 1.82) is 0 Å². The maximum absolute atomic E-state index is 12.8. The van der Waals surface area contributed by atoms with Crippen molar-refractivity contribution in [2.45, 2.75) is 18.9 Å². The van der Waals surface area contributed by atoms with Gasteiger partial charge in [-0.15, -0.1) is 5.06 Å². The molecule has 0 bridgehead atoms. The summed E-state index contributed by atoms with van der Waals surface area (Å²) < 4.78 is 82.0. The number of halogens is 6. The van der Waals surface area contributed by atoms with Crippen LogP contribution in [0, 0.1) is 11.8 Å². The van der Waals surface area contributed by atoms with Gasteiger partial charge in [-0.3, -0.25) is 0 Å². The zero-order chi connectivity index (χ0) is 21.8. The Morgan fingerprint density at radius 3 is 2.13 bits per heavy atom. The molecule has 0 saturated carbocycles. The Balaban J connectivity index is 1.63. The highest BCUT2D eigenvalue weighted by Gasteiger charge is 2.37. The average Bonchev–Trinajstić information content (AvgIpc) is 3.18. The summed E-state index contributed by atoms with van der Waals surface area (Å²) in [4.78, 5) is 9.03. The van der Waals surface area contributed by atoms with Crippen LogP contribution in [0.4, 0.5) is 26.3 Å². The van der Waals surface area contributed by atoms with Gasteiger partial charge in [-0.1, -0.05) is 24.0 Å². The van der Waals surface area contributed by atoms with E-state index in [4.69, 9.17) is 9.57 Å². The summed E-state index contributed by atoms with van der Waals surface area (Å²) in [6, 6.07) is 8.14. The Labute approximate surface area is 167 Å². The Morgan fingerprint density at radius 2 is 1.60 bits per heavy atom. The molecule has 2 aromatic carbocycles. The molecule has 158 valence electrons. The molecule has 3 rings (SSSR count). The van der Waals surface area contributed by atoms with Crippen LogP contribution in [-0.4, -0.2) is 24.7 Å². The minimum absolute atomic E-state index is 0.0411. The smallest absolute Gasteiger partial charge is 0.416 e. The first-order chi connectivity index (χ1) is 14.1. The predicted octanol–water partition coefficient (Wildman–Crippen LogP) is 4.89. The summed E-state index contributed by atoms with van der Waals surface area (Å²) in [7, 11) is 0. The summed E-state index contributed by atoms with van der Waals surface area (Å²) >= 11 is 0. The third kappa shape index (κ3) is 5.90. The quantitative estimate of drug-likeness (QED) is 0.514. The molecular weight excluding hydrogens is 414 g/mol. The fraction of sp³-hybridized carbons (Fsp3) is 0.250. The van der Waals surface area contributed by atoms with Crippen LogP contribution >= 0.6 is 0 Å². The van der Waals surface area contributed by atoms with E-state index in [1.807, 2.05) is 12.1 Å². The fourth-order valence-electron chi connectivity index (χ4n) is 2.51. The Morgan fingerprint density at radius 1 is 0.967 bits per heavy atom. The average molecular weight is 428 g/mol. The maximum Gasteiger partial charge on any atom is 0.416 e. The molecule has 0 radical (unpaired) electrons. The van der Waals surface area contributed by atoms with Gasteiger partial charge in [0.05, 0.1) is 17.7 Å². The molecule has 4 nitrogen and oxygen atoms in total. The normalized spacial score (nSPS) is 14.2. The van der Waals surface area contributed by atoms with E-state index in [2.05, 4.69) is 16.8 Å². The van der Waals surface area contributed by atoms with E-state index in [9.17, 15) is 26.3 Å². The molecule has 0 aliphatic carbocycles. The zero-order valence-corrected chi connectivity index (χ0v) is 15.2. The third-order valence-corrected chi connectivity index (χ3v) is 3.93. The van der Waals surface area contributed by atoms with Crippen LogP contribution in [0.2, 0.25) is 0 Å². The molecule has 0 amide bonds. The molecule has 2 aromatic rings. The molecule has 30 heavy (non-hydrogen) atoms. The zero-order valence-electron chi connectivity index (χ0n) is 15.2. The second-order valence-electron chi connectivity index (χ2n) is 6.20. The largest absolute Gasteiger partial charge is 0.481 e. The van der Waals surface area contributed by atoms with Gasteiger partial charge in [0, 0.05) is 5.56 Å². The van der Waals surface area contributed by atoms with Crippen molar-refractivity contribution in [2.24, 2.45) is 4.99 Å². The van der Waals surface area contributed by atoms with Crippen molar-refractivity contribution >= 4 is 6.40 Å². The van der Waals surface area contributed by atoms with Gasteiger partial charge in [-0.05, 0) is 35.9 Å². The minimum Gasteiger partial charge on any atom is -0.481 e. The fourth-order valence-corrected chi connectivity index (χ4v) is 2.51. The summed E-state index contributed by atoms with van der Waals surface area (Å²) in [5, 5.41) is 1.64. The number of aliphatic imine (C=N–C) groups is 1. The second-order valence-corrected chi connectivity index (χ2v) is 6.20. The number of hydrogen-bond acceptors (Lipinski definition) is 4. The highest BCUT2D eigenvalue weighted by Crippen LogP contribution is 2.38. The number of hydroxylamine groups is 2. The third-order valence-electron chi connectivity index (χ3n) is 3.93. The van der Waals surface area contributed by atoms with Crippen LogP contribution in [0.3, 0.4) is 0 Å². The van der Waals surface area contributed by atoms with Crippen molar-refractivity contribution in [1.82, 2.24) is 5.06 Å². The maximum atomic E-state index is 12.8. The van der Waals surface area contributed by atoms with E-state index in [1.165, 1.54) is 6.40 Å². The SMILES string of the molecule is FC(F)(F)c1cc(OCC#Cc2ccc(CN3CN=CO3)cc2)cc(C(F)(F)F)c1. The van der Waals surface area contributed by atoms with Crippen LogP contribution in [-0.2, 0) is 23.7 Å². The minimum atomic E-state index is -4.93. The first kappa shape index (κ1) is 21.5. The molecule has 1 heterocycles. The molecule has 1 aliphatic rings. The van der Waals surface area contributed by atoms with Gasteiger partial charge in [0.15, 0.2) is 6.40 Å². The highest BCUT2D eigenvalue weighted by molar-refractivity contribution is 5.47. The molecule has 0 N–H and O–H groups in total. The molecule has 0 atom stereocenters. The molecular formula is C20H14F6N2O2. The molecule has 0 unspecified atom stereocenters. The number of alkyl halides is 6. The standard InChI is InChI=1S/C20H14F6N2O2/c21-19(22,23)16-8-17(20(24,25)26)10-18(9-16)29-7-1-2-14-3-5-15(6-4-14)11-28-12-27-13-30-28/h3-6,8-10,13H,7,11-12H2. The Kier molecular flexibility index (Phi) is 6.22. The number of benzene rings is 2. The van der Waals surface area contributed by atoms with Gasteiger partial charge in [-0.2, -0.15) is 26.3 Å². The van der Waals surface area contributed by atoms with Crippen molar-refractivity contribution in [3.05, 3.63) is 64.7 Å². The van der Waals surface area contributed by atoms with Gasteiger partial charge in [0.2, 0.25) is 0 Å². The van der Waals surface area contributed by atoms with Crippen LogP contribution in [0.5, 0.6) is 5.75 Å². The molecule has 1 aliphatic heterocycles. The van der Waals surface area contributed by atoms with Crippen LogP contribution < -0.4 is 4.74 Å². The molecule has 10 heteroatoms. The van der Waals surface area contributed by atoms with Crippen LogP contribution in [0.15, 0.2) is 47.5 Å². The lowest BCUT2D eigenvalue weighted by Crippen LogP contribution is -2.17. The Bertz CT molecular complexity index is 932. The number of hydrogen-bond donors (Lipinski definition) is 0. The Hall–Kier alpha value is -3.19. The van der Waals surface area contributed by atoms with Gasteiger partial charge in [-0.25, -0.2) is 4.99 Å². The van der Waals surface area contributed by atoms with Gasteiger partial charge in [0.25, 0.3) is 0 Å². The first-order valence-corrected chi connectivity index (χ1v) is 8.51. The van der Waals surface area contributed by atoms with Gasteiger partial charge in [0.1, 0.15) is 19.0 Å². The lowest BCUT2D eigenvalue weighted by Gasteiger charge is -2.14. The van der Waals surface area contributed by atoms with E-state index in [1.54, 1.807) is 17.2 Å². The van der Waals surface area contributed by atoms with Crippen LogP contribution in [0.1, 0.15) is 22.3 Å². The highest BCUT2D eigenvalue weighted by atomic mass is 19.4. The molecule has 0 aromatic heterocycles. The monoisotopic (exact) mass is 428 g/mol. The lowest BCUT2D eigenvalue weighted by molar-refractivity contribution is -0.143. The molecule has 0 saturated heterocycles. The van der Waals surface area contributed by atoms with Crippen molar-refractivity contribution in [3.63, 3.8) is 0 Å². The van der Waals surface area contributed by atoms with Gasteiger partial charge < -0.3 is 9.57 Å². The van der Waals surface area contributed by atoms with Crippen LogP contribution in [0.25, 0.3) is 0 Å². The summed E-state index contributed by atoms with van der Waals surface area (Å²) in [5.41, 5.74) is -1.32. The van der Waals surface area contributed by atoms with E-state index >= 15 is 0 Å². The van der Waals surface area contributed by atoms with E-state index in [0.717, 1.165) is 5.56 Å². The van der Waals surface area contributed by atoms with E-state index in [0.29, 0.717) is 30.9 Å². The number of ether oxygens (including phenoxy) is 1. The van der Waals surface area contributed by atoms with Crippen molar-refractivity contribution in [3.8, 4) is 17.6 Å². The van der Waals surface area contributed by atoms with E-state index < -0.39 is 29.2 Å². The van der Waals surface area contributed by atoms with Crippen molar-refractivity contribution in [2.75, 3.05) is 13.3 Å². The topological polar surface area (TPSA) is 34.1 Å². The van der Waals surface area contributed by atoms with Crippen molar-refractivity contribution < 1.29 is 35.9 Å². The number of rotatable bonds is 4. The second kappa shape index (κ2) is 8.67. The first-order valence-electron chi connectivity index (χ1n) is 8.51. The molecule has 0 spiro atoms. The summed E-state index contributed by atoms with van der Waals surface area (Å²) in [6.07, 6.45) is -8.51. The number of nitrogens with zero attached hydrogens (tertiary/aromatic N) is 2.